The molecule has 10 heavy (non-hydrogen) atoms. The van der Waals surface area contributed by atoms with Crippen molar-refractivity contribution >= 4 is 12.2 Å². The first kappa shape index (κ1) is 15.7. The van der Waals surface area contributed by atoms with Gasteiger partial charge in [0.1, 0.15) is 0 Å². The van der Waals surface area contributed by atoms with Gasteiger partial charge in [0.25, 0.3) is 0 Å². The van der Waals surface area contributed by atoms with Gasteiger partial charge in [-0.15, -0.1) is 13.2 Å². The highest BCUT2D eigenvalue weighted by atomic mass is 16.6. The molecule has 6 N–H and O–H groups in total. The molecule has 0 atom stereocenters. The molecule has 6 heteroatoms. The number of carboxylic acid groups (broad SMARTS) is 2. The number of amides is 2. The highest BCUT2D eigenvalue weighted by Gasteiger charge is 1.70. The number of rotatable bonds is 0. The normalized spacial score (nSPS) is 5.20. The predicted molar refractivity (Wildman–Crippen MR) is 35.7 cm³/mol. The van der Waals surface area contributed by atoms with Crippen molar-refractivity contribution in [3.63, 3.8) is 0 Å². The van der Waals surface area contributed by atoms with Gasteiger partial charge in [-0.25, -0.2) is 9.59 Å². The van der Waals surface area contributed by atoms with E-state index in [0.717, 1.165) is 0 Å². The van der Waals surface area contributed by atoms with Crippen molar-refractivity contribution in [2.45, 2.75) is 0 Å². The maximum absolute atomic E-state index is 9.00. The SMILES string of the molecule is C=C.NC(N)=O.O=C(O)O. The van der Waals surface area contributed by atoms with E-state index in [1.54, 1.807) is 0 Å². The first-order valence-electron chi connectivity index (χ1n) is 1.93. The van der Waals surface area contributed by atoms with E-state index in [1.807, 2.05) is 0 Å². The van der Waals surface area contributed by atoms with Gasteiger partial charge in [0, 0.05) is 0 Å². The first-order valence-corrected chi connectivity index (χ1v) is 1.93. The predicted octanol–water partition coefficient (Wildman–Crippen LogP) is 0.0484. The average Bonchev–Trinajstić information content (AvgIpc) is 1.66. The number of primary amides is 2. The van der Waals surface area contributed by atoms with Gasteiger partial charge in [0.05, 0.1) is 0 Å². The Balaban J connectivity index is -0.0000000787. The van der Waals surface area contributed by atoms with Crippen LogP contribution in [0.2, 0.25) is 0 Å². The molecule has 0 aliphatic carbocycles. The standard InChI is InChI=1S/C2H4.CH4N2O.CH2O3/c1-2;2*2-1(3)4/h1-2H2;(H4,2,3,4);(H2,2,3,4). The Morgan fingerprint density at radius 2 is 1.10 bits per heavy atom. The van der Waals surface area contributed by atoms with Gasteiger partial charge in [0.2, 0.25) is 0 Å². The van der Waals surface area contributed by atoms with Crippen LogP contribution in [-0.2, 0) is 0 Å². The van der Waals surface area contributed by atoms with Gasteiger partial charge in [0.15, 0.2) is 0 Å². The third-order valence-corrected chi connectivity index (χ3v) is 0. The minimum Gasteiger partial charge on any atom is -0.450 e. The Kier molecular flexibility index (Phi) is 24.7. The largest absolute Gasteiger partial charge is 0.503 e. The number of carbonyl (C=O) groups excluding carboxylic acids is 1. The van der Waals surface area contributed by atoms with Gasteiger partial charge in [-0.1, -0.05) is 0 Å². The summed E-state index contributed by atoms with van der Waals surface area (Å²) in [7, 11) is 0. The second-order valence-electron chi connectivity index (χ2n) is 0.685. The fourth-order valence-corrected chi connectivity index (χ4v) is 0. The molecule has 0 heterocycles. The topological polar surface area (TPSA) is 127 Å². The monoisotopic (exact) mass is 150 g/mol. The molecule has 2 amide bonds. The first-order chi connectivity index (χ1) is 4.46. The summed E-state index contributed by atoms with van der Waals surface area (Å²) in [6.45, 7) is 6.00. The minimum atomic E-state index is -1.83. The molecule has 0 saturated heterocycles. The third kappa shape index (κ3) is 59.2. The quantitative estimate of drug-likeness (QED) is 0.364. The van der Waals surface area contributed by atoms with Crippen molar-refractivity contribution in [1.82, 2.24) is 0 Å². The van der Waals surface area contributed by atoms with E-state index < -0.39 is 12.2 Å². The molecule has 0 aromatic heterocycles. The van der Waals surface area contributed by atoms with E-state index in [4.69, 9.17) is 19.8 Å². The Labute approximate surface area is 57.7 Å². The van der Waals surface area contributed by atoms with E-state index in [2.05, 4.69) is 24.6 Å². The summed E-state index contributed by atoms with van der Waals surface area (Å²) in [5.74, 6) is 0. The molecule has 0 spiro atoms. The van der Waals surface area contributed by atoms with Crippen LogP contribution in [-0.4, -0.2) is 22.4 Å². The lowest BCUT2D eigenvalue weighted by atomic mass is 11.2. The van der Waals surface area contributed by atoms with Crippen LogP contribution in [0.15, 0.2) is 13.2 Å². The second-order valence-corrected chi connectivity index (χ2v) is 0.685. The maximum atomic E-state index is 9.00. The summed E-state index contributed by atoms with van der Waals surface area (Å²) in [5, 5.41) is 13.9. The Morgan fingerprint density at radius 3 is 1.10 bits per heavy atom. The molecule has 0 unspecified atom stereocenters. The van der Waals surface area contributed by atoms with Crippen LogP contribution >= 0.6 is 0 Å². The smallest absolute Gasteiger partial charge is 0.450 e. The van der Waals surface area contributed by atoms with Crippen molar-refractivity contribution < 1.29 is 19.8 Å². The van der Waals surface area contributed by atoms with Crippen molar-refractivity contribution in [1.29, 1.82) is 0 Å². The van der Waals surface area contributed by atoms with Crippen molar-refractivity contribution in [2.24, 2.45) is 11.5 Å². The van der Waals surface area contributed by atoms with Crippen LogP contribution in [0.5, 0.6) is 0 Å². The number of carbonyl (C=O) groups is 2. The molecule has 0 rings (SSSR count). The molecule has 0 bridgehead atoms. The van der Waals surface area contributed by atoms with Crippen LogP contribution in [0.1, 0.15) is 0 Å². The fourth-order valence-electron chi connectivity index (χ4n) is 0. The molecular formula is C4H10N2O4. The van der Waals surface area contributed by atoms with Crippen molar-refractivity contribution in [2.75, 3.05) is 0 Å². The van der Waals surface area contributed by atoms with E-state index in [1.165, 1.54) is 0 Å². The fraction of sp³-hybridized carbons (Fsp3) is 0. The number of nitrogens with two attached hydrogens (primary N) is 2. The van der Waals surface area contributed by atoms with Crippen LogP contribution in [0, 0.1) is 0 Å². The molecule has 0 saturated carbocycles. The summed E-state index contributed by atoms with van der Waals surface area (Å²) in [4.78, 5) is 17.6. The van der Waals surface area contributed by atoms with Gasteiger partial charge in [-0.05, 0) is 0 Å². The summed E-state index contributed by atoms with van der Waals surface area (Å²) >= 11 is 0. The lowest BCUT2D eigenvalue weighted by Gasteiger charge is -1.62. The van der Waals surface area contributed by atoms with Crippen molar-refractivity contribution in [3.05, 3.63) is 13.2 Å². The van der Waals surface area contributed by atoms with E-state index >= 15 is 0 Å². The number of hydrogen-bond acceptors (Lipinski definition) is 2. The summed E-state index contributed by atoms with van der Waals surface area (Å²) in [5.41, 5.74) is 8.50. The summed E-state index contributed by atoms with van der Waals surface area (Å²) in [6.07, 6.45) is -1.83. The van der Waals surface area contributed by atoms with Crippen LogP contribution in [0.4, 0.5) is 9.59 Å². The second kappa shape index (κ2) is 15.7. The van der Waals surface area contributed by atoms with Gasteiger partial charge < -0.3 is 21.7 Å². The maximum Gasteiger partial charge on any atom is 0.503 e. The molecular weight excluding hydrogens is 140 g/mol. The molecule has 0 fully saturated rings. The van der Waals surface area contributed by atoms with Gasteiger partial charge >= 0.3 is 12.2 Å². The molecule has 0 aromatic carbocycles. The van der Waals surface area contributed by atoms with Crippen LogP contribution < -0.4 is 11.5 Å². The molecule has 0 aliphatic heterocycles. The Bertz CT molecular complexity index is 83.4. The highest BCUT2D eigenvalue weighted by Crippen LogP contribution is 1.42. The van der Waals surface area contributed by atoms with E-state index in [0.29, 0.717) is 0 Å². The van der Waals surface area contributed by atoms with E-state index in [-0.39, 0.29) is 0 Å². The molecule has 0 aromatic rings. The summed E-state index contributed by atoms with van der Waals surface area (Å²) < 4.78 is 0. The molecule has 0 radical (unpaired) electrons. The van der Waals surface area contributed by atoms with Gasteiger partial charge in [-0.2, -0.15) is 0 Å². The lowest BCUT2D eigenvalue weighted by Crippen LogP contribution is -2.18. The van der Waals surface area contributed by atoms with Crippen LogP contribution in [0.25, 0.3) is 0 Å². The average molecular weight is 150 g/mol. The van der Waals surface area contributed by atoms with E-state index in [9.17, 15) is 0 Å². The van der Waals surface area contributed by atoms with Crippen molar-refractivity contribution in [3.8, 4) is 0 Å². The number of urea groups is 1. The van der Waals surface area contributed by atoms with Gasteiger partial charge in [-0.3, -0.25) is 0 Å². The minimum absolute atomic E-state index is 0.833. The zero-order valence-corrected chi connectivity index (χ0v) is 5.28. The summed E-state index contributed by atoms with van der Waals surface area (Å²) in [6, 6.07) is -0.833. The molecule has 60 valence electrons. The zero-order valence-electron chi connectivity index (χ0n) is 5.28. The Hall–Kier alpha value is -1.72. The van der Waals surface area contributed by atoms with Crippen LogP contribution in [0.3, 0.4) is 0 Å². The molecule has 6 nitrogen and oxygen atoms in total. The zero-order chi connectivity index (χ0) is 9.15. The lowest BCUT2D eigenvalue weighted by molar-refractivity contribution is 0.137. The highest BCUT2D eigenvalue weighted by molar-refractivity contribution is 5.69. The molecule has 0 aliphatic rings. The number of hydrogen-bond donors (Lipinski definition) is 4. The Morgan fingerprint density at radius 1 is 1.10 bits per heavy atom. The third-order valence-electron chi connectivity index (χ3n) is 0.